The van der Waals surface area contributed by atoms with E-state index in [1.54, 1.807) is 4.68 Å². The van der Waals surface area contributed by atoms with Crippen LogP contribution >= 0.6 is 0 Å². The van der Waals surface area contributed by atoms with Gasteiger partial charge >= 0.3 is 0 Å². The molecule has 104 valence electrons. The number of nitriles is 1. The van der Waals surface area contributed by atoms with E-state index in [0.717, 1.165) is 17.2 Å². The second-order valence-corrected chi connectivity index (χ2v) is 5.36. The number of nitrogens with zero attached hydrogens (tertiary/aromatic N) is 3. The Balaban J connectivity index is 2.54. The fourth-order valence-corrected chi connectivity index (χ4v) is 2.40. The van der Waals surface area contributed by atoms with Gasteiger partial charge in [0, 0.05) is 12.7 Å². The van der Waals surface area contributed by atoms with Gasteiger partial charge in [0.1, 0.15) is 17.5 Å². The van der Waals surface area contributed by atoms with Crippen LogP contribution in [0.2, 0.25) is 0 Å². The Morgan fingerprint density at radius 1 is 1.30 bits per heavy atom. The molecule has 20 heavy (non-hydrogen) atoms. The highest BCUT2D eigenvalue weighted by Crippen LogP contribution is 2.31. The molecular formula is C16H20N4. The molecule has 0 atom stereocenters. The molecule has 1 aromatic heterocycles. The van der Waals surface area contributed by atoms with Crippen molar-refractivity contribution in [1.82, 2.24) is 9.78 Å². The molecular weight excluding hydrogens is 248 g/mol. The summed E-state index contributed by atoms with van der Waals surface area (Å²) in [5, 5.41) is 17.0. The average molecular weight is 268 g/mol. The molecule has 0 saturated carbocycles. The van der Waals surface area contributed by atoms with Crippen molar-refractivity contribution in [1.29, 1.82) is 5.26 Å². The van der Waals surface area contributed by atoms with E-state index in [-0.39, 0.29) is 0 Å². The number of rotatable bonds is 3. The zero-order valence-corrected chi connectivity index (χ0v) is 12.7. The van der Waals surface area contributed by atoms with Crippen LogP contribution in [0.5, 0.6) is 0 Å². The summed E-state index contributed by atoms with van der Waals surface area (Å²) in [5.41, 5.74) is 4.83. The predicted molar refractivity (Wildman–Crippen MR) is 81.2 cm³/mol. The van der Waals surface area contributed by atoms with Gasteiger partial charge in [-0.2, -0.15) is 10.4 Å². The molecule has 0 saturated heterocycles. The lowest BCUT2D eigenvalue weighted by Crippen LogP contribution is -2.05. The van der Waals surface area contributed by atoms with Crippen molar-refractivity contribution in [3.63, 3.8) is 0 Å². The third kappa shape index (κ3) is 2.39. The summed E-state index contributed by atoms with van der Waals surface area (Å²) < 4.78 is 1.73. The number of aromatic nitrogens is 2. The highest BCUT2D eigenvalue weighted by atomic mass is 15.3. The predicted octanol–water partition coefficient (Wildman–Crippen LogP) is 3.78. The normalized spacial score (nSPS) is 10.7. The topological polar surface area (TPSA) is 53.6 Å². The number of anilines is 2. The van der Waals surface area contributed by atoms with Crippen LogP contribution in [-0.2, 0) is 7.05 Å². The monoisotopic (exact) mass is 268 g/mol. The first kappa shape index (κ1) is 14.1. The molecule has 0 radical (unpaired) electrons. The SMILES string of the molecule is Cc1cccc(C(C)C)c1Nc1c(C#N)c(C)nn1C. The maximum Gasteiger partial charge on any atom is 0.146 e. The van der Waals surface area contributed by atoms with Crippen LogP contribution in [0.3, 0.4) is 0 Å². The van der Waals surface area contributed by atoms with Gasteiger partial charge in [0.2, 0.25) is 0 Å². The molecule has 1 N–H and O–H groups in total. The Morgan fingerprint density at radius 2 is 2.00 bits per heavy atom. The molecule has 0 amide bonds. The lowest BCUT2D eigenvalue weighted by atomic mass is 9.98. The summed E-state index contributed by atoms with van der Waals surface area (Å²) in [6.45, 7) is 8.26. The number of benzene rings is 1. The standard InChI is InChI=1S/C16H20N4/c1-10(2)13-8-6-7-11(3)15(13)18-16-14(9-17)12(4)19-20(16)5/h6-8,10,18H,1-5H3. The summed E-state index contributed by atoms with van der Waals surface area (Å²) in [6, 6.07) is 8.49. The van der Waals surface area contributed by atoms with E-state index in [2.05, 4.69) is 55.5 Å². The van der Waals surface area contributed by atoms with Crippen molar-refractivity contribution in [2.45, 2.75) is 33.6 Å². The minimum atomic E-state index is 0.414. The van der Waals surface area contributed by atoms with E-state index in [1.807, 2.05) is 14.0 Å². The van der Waals surface area contributed by atoms with Crippen LogP contribution in [0.15, 0.2) is 18.2 Å². The molecule has 4 heteroatoms. The molecule has 2 aromatic rings. The van der Waals surface area contributed by atoms with Crippen molar-refractivity contribution in [2.24, 2.45) is 7.05 Å². The molecule has 0 aliphatic heterocycles. The quantitative estimate of drug-likeness (QED) is 0.921. The second-order valence-electron chi connectivity index (χ2n) is 5.36. The number of hydrogen-bond acceptors (Lipinski definition) is 3. The molecule has 0 aliphatic rings. The number of para-hydroxylation sites is 1. The molecule has 0 unspecified atom stereocenters. The van der Waals surface area contributed by atoms with E-state index in [1.165, 1.54) is 11.1 Å². The third-order valence-electron chi connectivity index (χ3n) is 3.50. The van der Waals surface area contributed by atoms with Gasteiger partial charge in [-0.3, -0.25) is 4.68 Å². The first-order valence-electron chi connectivity index (χ1n) is 6.76. The first-order valence-corrected chi connectivity index (χ1v) is 6.76. The smallest absolute Gasteiger partial charge is 0.146 e. The number of aryl methyl sites for hydroxylation is 3. The largest absolute Gasteiger partial charge is 0.339 e. The molecule has 0 aliphatic carbocycles. The van der Waals surface area contributed by atoms with Crippen molar-refractivity contribution in [2.75, 3.05) is 5.32 Å². The molecule has 0 spiro atoms. The first-order chi connectivity index (χ1) is 9.45. The van der Waals surface area contributed by atoms with Crippen molar-refractivity contribution in [3.05, 3.63) is 40.6 Å². The van der Waals surface area contributed by atoms with Crippen molar-refractivity contribution in [3.8, 4) is 6.07 Å². The van der Waals surface area contributed by atoms with E-state index < -0.39 is 0 Å². The summed E-state index contributed by atoms with van der Waals surface area (Å²) in [5.74, 6) is 1.17. The number of hydrogen-bond donors (Lipinski definition) is 1. The molecule has 0 fully saturated rings. The minimum absolute atomic E-state index is 0.414. The molecule has 2 rings (SSSR count). The summed E-state index contributed by atoms with van der Waals surface area (Å²) in [6.07, 6.45) is 0. The maximum atomic E-state index is 9.30. The van der Waals surface area contributed by atoms with Gasteiger partial charge in [0.15, 0.2) is 0 Å². The molecule has 4 nitrogen and oxygen atoms in total. The Hall–Kier alpha value is -2.28. The Morgan fingerprint density at radius 3 is 2.60 bits per heavy atom. The zero-order chi connectivity index (χ0) is 14.9. The van der Waals surface area contributed by atoms with E-state index in [4.69, 9.17) is 0 Å². The zero-order valence-electron chi connectivity index (χ0n) is 12.7. The number of nitrogens with one attached hydrogen (secondary N) is 1. The van der Waals surface area contributed by atoms with Gasteiger partial charge in [-0.25, -0.2) is 0 Å². The fourth-order valence-electron chi connectivity index (χ4n) is 2.40. The second kappa shape index (κ2) is 5.38. The molecule has 0 bridgehead atoms. The van der Waals surface area contributed by atoms with Crippen LogP contribution in [0.1, 0.15) is 42.1 Å². The lowest BCUT2D eigenvalue weighted by Gasteiger charge is -2.17. The van der Waals surface area contributed by atoms with Crippen molar-refractivity contribution >= 4 is 11.5 Å². The van der Waals surface area contributed by atoms with Gasteiger partial charge in [-0.15, -0.1) is 0 Å². The van der Waals surface area contributed by atoms with Gasteiger partial charge in [-0.05, 0) is 30.9 Å². The fraction of sp³-hybridized carbons (Fsp3) is 0.375. The van der Waals surface area contributed by atoms with E-state index >= 15 is 0 Å². The average Bonchev–Trinajstić information content (AvgIpc) is 2.65. The Kier molecular flexibility index (Phi) is 3.80. The van der Waals surface area contributed by atoms with Crippen LogP contribution < -0.4 is 5.32 Å². The van der Waals surface area contributed by atoms with Crippen LogP contribution in [-0.4, -0.2) is 9.78 Å². The summed E-state index contributed by atoms with van der Waals surface area (Å²) in [7, 11) is 1.85. The van der Waals surface area contributed by atoms with Crippen LogP contribution in [0.25, 0.3) is 0 Å². The van der Waals surface area contributed by atoms with Gasteiger partial charge in [-0.1, -0.05) is 32.0 Å². The maximum absolute atomic E-state index is 9.30. The third-order valence-corrected chi connectivity index (χ3v) is 3.50. The van der Waals surface area contributed by atoms with E-state index in [0.29, 0.717) is 11.5 Å². The van der Waals surface area contributed by atoms with E-state index in [9.17, 15) is 5.26 Å². The minimum Gasteiger partial charge on any atom is -0.339 e. The Bertz CT molecular complexity index is 675. The highest BCUT2D eigenvalue weighted by Gasteiger charge is 2.16. The van der Waals surface area contributed by atoms with Crippen molar-refractivity contribution < 1.29 is 0 Å². The van der Waals surface area contributed by atoms with Gasteiger partial charge < -0.3 is 5.32 Å². The lowest BCUT2D eigenvalue weighted by molar-refractivity contribution is 0.764. The molecule has 1 heterocycles. The van der Waals surface area contributed by atoms with Gasteiger partial charge in [0.05, 0.1) is 5.69 Å². The highest BCUT2D eigenvalue weighted by molar-refractivity contribution is 5.70. The van der Waals surface area contributed by atoms with Crippen LogP contribution in [0.4, 0.5) is 11.5 Å². The summed E-state index contributed by atoms with van der Waals surface area (Å²) in [4.78, 5) is 0. The van der Waals surface area contributed by atoms with Crippen LogP contribution in [0, 0.1) is 25.2 Å². The summed E-state index contributed by atoms with van der Waals surface area (Å²) >= 11 is 0. The molecule has 1 aromatic carbocycles. The Labute approximate surface area is 120 Å². The van der Waals surface area contributed by atoms with Gasteiger partial charge in [0.25, 0.3) is 0 Å².